The maximum absolute atomic E-state index is 11.2. The Morgan fingerprint density at radius 1 is 1.43 bits per heavy atom. The van der Waals surface area contributed by atoms with E-state index in [0.717, 1.165) is 23.2 Å². The van der Waals surface area contributed by atoms with Crippen LogP contribution in [0.25, 0.3) is 0 Å². The number of nitro groups is 1. The normalized spacial score (nSPS) is 13.9. The van der Waals surface area contributed by atoms with Crippen LogP contribution in [0.15, 0.2) is 34.9 Å². The van der Waals surface area contributed by atoms with Gasteiger partial charge in [0.25, 0.3) is 0 Å². The number of rotatable bonds is 2. The quantitative estimate of drug-likeness (QED) is 0.512. The number of fused-ring (bicyclic) bond motifs is 1. The van der Waals surface area contributed by atoms with Crippen molar-refractivity contribution in [3.05, 3.63) is 56.2 Å². The molecule has 1 aromatic carbocycles. The molecule has 6 nitrogen and oxygen atoms in total. The van der Waals surface area contributed by atoms with E-state index in [-0.39, 0.29) is 5.69 Å². The number of pyridine rings is 1. The summed E-state index contributed by atoms with van der Waals surface area (Å²) in [6.45, 7) is 1.24. The molecule has 0 bridgehead atoms. The second-order valence-electron chi connectivity index (χ2n) is 4.91. The van der Waals surface area contributed by atoms with E-state index in [1.54, 1.807) is 6.20 Å². The molecule has 21 heavy (non-hydrogen) atoms. The maximum atomic E-state index is 11.2. The molecule has 2 aromatic rings. The van der Waals surface area contributed by atoms with Gasteiger partial charge < -0.3 is 10.6 Å². The van der Waals surface area contributed by atoms with Crippen molar-refractivity contribution in [2.75, 3.05) is 17.2 Å². The molecule has 108 valence electrons. The highest BCUT2D eigenvalue weighted by atomic mass is 79.9. The molecule has 0 spiro atoms. The number of nitrogens with two attached hydrogens (primary N) is 1. The van der Waals surface area contributed by atoms with Crippen LogP contribution < -0.4 is 10.6 Å². The minimum absolute atomic E-state index is 0.0109. The summed E-state index contributed by atoms with van der Waals surface area (Å²) in [5.74, 6) is 0.399. The predicted molar refractivity (Wildman–Crippen MR) is 84.2 cm³/mol. The van der Waals surface area contributed by atoms with Crippen molar-refractivity contribution in [1.82, 2.24) is 4.98 Å². The Morgan fingerprint density at radius 2 is 2.24 bits per heavy atom. The Balaban J connectivity index is 1.99. The fraction of sp³-hybridized carbons (Fsp3) is 0.214. The predicted octanol–water partition coefficient (Wildman–Crippen LogP) is 2.90. The number of halogens is 1. The van der Waals surface area contributed by atoms with Gasteiger partial charge in [-0.25, -0.2) is 4.98 Å². The molecule has 2 heterocycles. The average molecular weight is 349 g/mol. The second kappa shape index (κ2) is 5.33. The van der Waals surface area contributed by atoms with Gasteiger partial charge in [0.05, 0.1) is 4.92 Å². The summed E-state index contributed by atoms with van der Waals surface area (Å²) >= 11 is 3.22. The molecule has 3 rings (SSSR count). The Hall–Kier alpha value is -2.15. The molecular formula is C14H13BrN4O2. The number of benzene rings is 1. The number of hydrogen-bond donors (Lipinski definition) is 1. The third-order valence-electron chi connectivity index (χ3n) is 3.61. The Kier molecular flexibility index (Phi) is 3.50. The molecule has 0 amide bonds. The van der Waals surface area contributed by atoms with E-state index in [1.165, 1.54) is 6.07 Å². The summed E-state index contributed by atoms with van der Waals surface area (Å²) < 4.78 is 0.597. The highest BCUT2D eigenvalue weighted by Gasteiger charge is 2.25. The van der Waals surface area contributed by atoms with E-state index in [2.05, 4.69) is 20.9 Å². The van der Waals surface area contributed by atoms with Gasteiger partial charge in [-0.3, -0.25) is 10.1 Å². The highest BCUT2D eigenvalue weighted by molar-refractivity contribution is 9.10. The first-order valence-electron chi connectivity index (χ1n) is 6.47. The van der Waals surface area contributed by atoms with Gasteiger partial charge in [0.2, 0.25) is 5.82 Å². The van der Waals surface area contributed by atoms with Crippen LogP contribution >= 0.6 is 15.9 Å². The van der Waals surface area contributed by atoms with Gasteiger partial charge in [0, 0.05) is 35.5 Å². The lowest BCUT2D eigenvalue weighted by Crippen LogP contribution is -2.32. The van der Waals surface area contributed by atoms with Crippen molar-refractivity contribution in [1.29, 1.82) is 0 Å². The second-order valence-corrected chi connectivity index (χ2v) is 5.83. The lowest BCUT2D eigenvalue weighted by molar-refractivity contribution is -0.384. The van der Waals surface area contributed by atoms with Gasteiger partial charge >= 0.3 is 5.69 Å². The third-order valence-corrected chi connectivity index (χ3v) is 4.05. The Bertz CT molecular complexity index is 720. The van der Waals surface area contributed by atoms with Crippen LogP contribution in [0, 0.1) is 10.1 Å². The van der Waals surface area contributed by atoms with Gasteiger partial charge in [0.1, 0.15) is 0 Å². The summed E-state index contributed by atoms with van der Waals surface area (Å²) in [4.78, 5) is 17.0. The molecular weight excluding hydrogens is 336 g/mol. The van der Waals surface area contributed by atoms with Crippen molar-refractivity contribution < 1.29 is 4.92 Å². The van der Waals surface area contributed by atoms with Gasteiger partial charge in [-0.05, 0) is 39.5 Å². The molecule has 2 N–H and O–H groups in total. The lowest BCUT2D eigenvalue weighted by Gasteiger charge is -2.30. The largest absolute Gasteiger partial charge is 0.398 e. The molecule has 1 aliphatic rings. The maximum Gasteiger partial charge on any atom is 0.312 e. The molecule has 0 radical (unpaired) electrons. The third kappa shape index (κ3) is 2.56. The van der Waals surface area contributed by atoms with Crippen LogP contribution in [0.4, 0.5) is 17.2 Å². The van der Waals surface area contributed by atoms with Gasteiger partial charge in [-0.2, -0.15) is 0 Å². The molecule has 1 aliphatic heterocycles. The van der Waals surface area contributed by atoms with Crippen LogP contribution in [0.5, 0.6) is 0 Å². The van der Waals surface area contributed by atoms with E-state index in [0.29, 0.717) is 23.4 Å². The fourth-order valence-electron chi connectivity index (χ4n) is 2.62. The first-order chi connectivity index (χ1) is 10.1. The van der Waals surface area contributed by atoms with Crippen molar-refractivity contribution in [3.63, 3.8) is 0 Å². The van der Waals surface area contributed by atoms with Crippen LogP contribution in [-0.2, 0) is 13.0 Å². The van der Waals surface area contributed by atoms with E-state index in [4.69, 9.17) is 5.73 Å². The first kappa shape index (κ1) is 13.8. The molecule has 1 aromatic heterocycles. The smallest absolute Gasteiger partial charge is 0.312 e. The van der Waals surface area contributed by atoms with Crippen molar-refractivity contribution in [3.8, 4) is 0 Å². The Morgan fingerprint density at radius 3 is 3.00 bits per heavy atom. The summed E-state index contributed by atoms with van der Waals surface area (Å²) in [7, 11) is 0. The van der Waals surface area contributed by atoms with Crippen molar-refractivity contribution in [2.45, 2.75) is 13.0 Å². The fourth-order valence-corrected chi connectivity index (χ4v) is 2.94. The monoisotopic (exact) mass is 348 g/mol. The zero-order valence-electron chi connectivity index (χ0n) is 11.1. The summed E-state index contributed by atoms with van der Waals surface area (Å²) in [6, 6.07) is 7.27. The van der Waals surface area contributed by atoms with E-state index >= 15 is 0 Å². The summed E-state index contributed by atoms with van der Waals surface area (Å²) in [5.41, 5.74) is 9.00. The SMILES string of the molecule is Nc1cccc2c1CCN(c1ncc(Br)cc1[N+](=O)[O-])C2. The number of hydrogen-bond acceptors (Lipinski definition) is 5. The Labute approximate surface area is 129 Å². The van der Waals surface area contributed by atoms with Crippen LogP contribution in [0.3, 0.4) is 0 Å². The van der Waals surface area contributed by atoms with E-state index in [9.17, 15) is 10.1 Å². The summed E-state index contributed by atoms with van der Waals surface area (Å²) in [6.07, 6.45) is 2.34. The van der Waals surface area contributed by atoms with Crippen LogP contribution in [-0.4, -0.2) is 16.5 Å². The zero-order chi connectivity index (χ0) is 15.0. The van der Waals surface area contributed by atoms with Gasteiger partial charge in [-0.15, -0.1) is 0 Å². The highest BCUT2D eigenvalue weighted by Crippen LogP contribution is 2.33. The average Bonchev–Trinajstić information content (AvgIpc) is 2.47. The number of nitrogen functional groups attached to an aromatic ring is 1. The van der Waals surface area contributed by atoms with E-state index in [1.807, 2.05) is 23.1 Å². The van der Waals surface area contributed by atoms with Crippen molar-refractivity contribution in [2.24, 2.45) is 0 Å². The van der Waals surface area contributed by atoms with Crippen molar-refractivity contribution >= 4 is 33.1 Å². The summed E-state index contributed by atoms with van der Waals surface area (Å²) in [5, 5.41) is 11.2. The molecule has 0 saturated carbocycles. The molecule has 0 atom stereocenters. The standard InChI is InChI=1S/C14H13BrN4O2/c15-10-6-13(19(20)21)14(17-7-10)18-5-4-11-9(8-18)2-1-3-12(11)16/h1-3,6-7H,4-5,8,16H2. The zero-order valence-corrected chi connectivity index (χ0v) is 12.7. The topological polar surface area (TPSA) is 85.3 Å². The lowest BCUT2D eigenvalue weighted by atomic mass is 9.98. The minimum atomic E-state index is -0.401. The van der Waals surface area contributed by atoms with E-state index < -0.39 is 4.92 Å². The number of anilines is 2. The molecule has 0 saturated heterocycles. The number of aromatic nitrogens is 1. The molecule has 0 fully saturated rings. The first-order valence-corrected chi connectivity index (χ1v) is 7.26. The van der Waals surface area contributed by atoms with Gasteiger partial charge in [-0.1, -0.05) is 12.1 Å². The van der Waals surface area contributed by atoms with Gasteiger partial charge in [0.15, 0.2) is 0 Å². The molecule has 7 heteroatoms. The number of nitrogens with zero attached hydrogens (tertiary/aromatic N) is 3. The molecule has 0 unspecified atom stereocenters. The van der Waals surface area contributed by atoms with Crippen LogP contribution in [0.1, 0.15) is 11.1 Å². The molecule has 0 aliphatic carbocycles. The minimum Gasteiger partial charge on any atom is -0.398 e. The van der Waals surface area contributed by atoms with Crippen LogP contribution in [0.2, 0.25) is 0 Å².